The molecular weight excluding hydrogens is 527 g/mol. The van der Waals surface area contributed by atoms with Crippen molar-refractivity contribution in [1.29, 1.82) is 0 Å². The van der Waals surface area contributed by atoms with E-state index in [9.17, 15) is 0 Å². The molecule has 1 saturated heterocycles. The zero-order valence-corrected chi connectivity index (χ0v) is 24.3. The Labute approximate surface area is 248 Å². The molecule has 4 aromatic rings. The third-order valence-electron chi connectivity index (χ3n) is 7.80. The molecule has 0 aromatic heterocycles. The molecule has 0 amide bonds. The van der Waals surface area contributed by atoms with Crippen molar-refractivity contribution < 1.29 is 28.3 Å². The summed E-state index contributed by atoms with van der Waals surface area (Å²) in [5.74, 6) is 1.87. The summed E-state index contributed by atoms with van der Waals surface area (Å²) < 4.78 is 37.5. The van der Waals surface area contributed by atoms with Crippen molar-refractivity contribution in [1.82, 2.24) is 0 Å². The van der Waals surface area contributed by atoms with Crippen molar-refractivity contribution in [2.24, 2.45) is 0 Å². The Morgan fingerprint density at radius 3 is 1.26 bits per heavy atom. The third-order valence-corrected chi connectivity index (χ3v) is 7.80. The van der Waals surface area contributed by atoms with Gasteiger partial charge < -0.3 is 28.3 Å². The first kappa shape index (κ1) is 29.9. The maximum absolute atomic E-state index is 6.90. The van der Waals surface area contributed by atoms with Crippen molar-refractivity contribution in [3.8, 4) is 0 Å². The zero-order chi connectivity index (χ0) is 29.3. The summed E-state index contributed by atoms with van der Waals surface area (Å²) in [5, 5.41) is 0. The van der Waals surface area contributed by atoms with Gasteiger partial charge in [-0.15, -0.1) is 0 Å². The van der Waals surface area contributed by atoms with Gasteiger partial charge in [-0.3, -0.25) is 0 Å². The van der Waals surface area contributed by atoms with Crippen molar-refractivity contribution in [2.45, 2.75) is 23.4 Å². The predicted molar refractivity (Wildman–Crippen MR) is 164 cm³/mol. The first-order chi connectivity index (χ1) is 20.7. The maximum atomic E-state index is 6.90. The largest absolute Gasteiger partial charge is 0.486 e. The molecule has 0 unspecified atom stereocenters. The Bertz CT molecular complexity index is 1210. The molecule has 1 aliphatic heterocycles. The van der Waals surface area contributed by atoms with Crippen LogP contribution in [0.15, 0.2) is 133 Å². The molecule has 4 aromatic carbocycles. The van der Waals surface area contributed by atoms with E-state index in [1.54, 1.807) is 21.3 Å². The van der Waals surface area contributed by atoms with Crippen LogP contribution in [0.2, 0.25) is 0 Å². The molecule has 1 fully saturated rings. The molecular formula is C35H37BO6. The van der Waals surface area contributed by atoms with Gasteiger partial charge in [-0.1, -0.05) is 133 Å². The van der Waals surface area contributed by atoms with Gasteiger partial charge in [0.05, 0.1) is 6.61 Å². The normalized spacial score (nSPS) is 17.6. The minimum absolute atomic E-state index is 0.200. The second kappa shape index (κ2) is 14.1. The highest BCUT2D eigenvalue weighted by molar-refractivity contribution is 6.51. The minimum Gasteiger partial charge on any atom is -0.398 e. The van der Waals surface area contributed by atoms with E-state index in [4.69, 9.17) is 28.3 Å². The van der Waals surface area contributed by atoms with Crippen LogP contribution in [0.3, 0.4) is 0 Å². The van der Waals surface area contributed by atoms with Crippen LogP contribution in [0.1, 0.15) is 22.3 Å². The number of hydrogen-bond acceptors (Lipinski definition) is 6. The van der Waals surface area contributed by atoms with E-state index in [1.807, 2.05) is 84.8 Å². The van der Waals surface area contributed by atoms with Crippen molar-refractivity contribution in [2.75, 3.05) is 34.7 Å². The SMILES string of the molecule is COCOC/C=C/B1O[C@@H](C(OC)(c2ccccc2)c2ccccc2)[C@H](C(OC)(c2ccccc2)c2ccccc2)O1. The van der Waals surface area contributed by atoms with E-state index >= 15 is 0 Å². The number of benzene rings is 4. The summed E-state index contributed by atoms with van der Waals surface area (Å²) in [4.78, 5) is 0. The fraction of sp³-hybridized carbons (Fsp3) is 0.257. The number of rotatable bonds is 13. The topological polar surface area (TPSA) is 55.4 Å². The number of ether oxygens (including phenoxy) is 4. The summed E-state index contributed by atoms with van der Waals surface area (Å²) in [6.45, 7) is 0.553. The molecule has 7 heteroatoms. The molecule has 0 bridgehead atoms. The van der Waals surface area contributed by atoms with E-state index in [-0.39, 0.29) is 6.79 Å². The summed E-state index contributed by atoms with van der Waals surface area (Å²) in [7, 11) is 4.34. The second-order valence-corrected chi connectivity index (χ2v) is 10.0. The van der Waals surface area contributed by atoms with Gasteiger partial charge in [0.2, 0.25) is 0 Å². The van der Waals surface area contributed by atoms with Crippen molar-refractivity contribution in [3.05, 3.63) is 156 Å². The average molecular weight is 564 g/mol. The lowest BCUT2D eigenvalue weighted by Gasteiger charge is -2.46. The smallest absolute Gasteiger partial charge is 0.398 e. The predicted octanol–water partition coefficient (Wildman–Crippen LogP) is 6.15. The number of methoxy groups -OCH3 is 3. The molecule has 6 nitrogen and oxygen atoms in total. The van der Waals surface area contributed by atoms with Crippen LogP contribution in [0.25, 0.3) is 0 Å². The molecule has 5 rings (SSSR count). The Morgan fingerprint density at radius 1 is 0.595 bits per heavy atom. The first-order valence-electron chi connectivity index (χ1n) is 14.1. The lowest BCUT2D eigenvalue weighted by molar-refractivity contribution is -0.136. The fourth-order valence-electron chi connectivity index (χ4n) is 5.98. The van der Waals surface area contributed by atoms with Crippen LogP contribution in [0, 0.1) is 0 Å². The van der Waals surface area contributed by atoms with E-state index in [0.717, 1.165) is 22.3 Å². The monoisotopic (exact) mass is 564 g/mol. The Balaban J connectivity index is 1.73. The molecule has 216 valence electrons. The van der Waals surface area contributed by atoms with Crippen LogP contribution < -0.4 is 0 Å². The molecule has 1 heterocycles. The number of hydrogen-bond donors (Lipinski definition) is 0. The molecule has 42 heavy (non-hydrogen) atoms. The van der Waals surface area contributed by atoms with Gasteiger partial charge in [0.25, 0.3) is 0 Å². The summed E-state index contributed by atoms with van der Waals surface area (Å²) >= 11 is 0. The second-order valence-electron chi connectivity index (χ2n) is 10.0. The standard InChI is InChI=1S/C35H37BO6/c1-37-27-40-26-16-25-36-41-32(34(38-2,28-17-8-4-9-18-28)29-19-10-5-11-20-29)33(42-36)35(39-3,30-21-12-6-13-22-30)31-23-14-7-15-24-31/h4-25,32-33H,26-27H2,1-3H3/b25-16+/t32-,33-/m1/s1. The highest BCUT2D eigenvalue weighted by atomic mass is 16.7. The summed E-state index contributed by atoms with van der Waals surface area (Å²) in [5.41, 5.74) is 1.67. The van der Waals surface area contributed by atoms with E-state index < -0.39 is 30.5 Å². The fourth-order valence-corrected chi connectivity index (χ4v) is 5.98. The van der Waals surface area contributed by atoms with Gasteiger partial charge in [0.15, 0.2) is 0 Å². The quantitative estimate of drug-likeness (QED) is 0.110. The molecule has 1 aliphatic rings. The maximum Gasteiger partial charge on any atom is 0.486 e. The Hall–Kier alpha value is -3.56. The minimum atomic E-state index is -1.05. The molecule has 2 atom stereocenters. The van der Waals surface area contributed by atoms with Gasteiger partial charge in [-0.25, -0.2) is 0 Å². The van der Waals surface area contributed by atoms with Crippen LogP contribution in [0.4, 0.5) is 0 Å². The van der Waals surface area contributed by atoms with Gasteiger partial charge in [-0.2, -0.15) is 0 Å². The van der Waals surface area contributed by atoms with E-state index in [0.29, 0.717) is 6.61 Å². The summed E-state index contributed by atoms with van der Waals surface area (Å²) in [6.07, 6.45) is 0.576. The van der Waals surface area contributed by atoms with Crippen LogP contribution >= 0.6 is 0 Å². The molecule has 0 radical (unpaired) electrons. The first-order valence-corrected chi connectivity index (χ1v) is 14.1. The van der Waals surface area contributed by atoms with Crippen LogP contribution in [-0.2, 0) is 39.5 Å². The zero-order valence-electron chi connectivity index (χ0n) is 24.3. The van der Waals surface area contributed by atoms with E-state index in [2.05, 4.69) is 48.5 Å². The third kappa shape index (κ3) is 5.72. The summed E-state index contributed by atoms with van der Waals surface area (Å²) in [6, 6.07) is 40.6. The molecule has 0 aliphatic carbocycles. The Morgan fingerprint density at radius 2 is 0.952 bits per heavy atom. The van der Waals surface area contributed by atoms with Crippen LogP contribution in [-0.4, -0.2) is 54.1 Å². The van der Waals surface area contributed by atoms with Gasteiger partial charge in [0.1, 0.15) is 30.2 Å². The van der Waals surface area contributed by atoms with Crippen molar-refractivity contribution in [3.63, 3.8) is 0 Å². The average Bonchev–Trinajstić information content (AvgIpc) is 3.49. The molecule has 0 saturated carbocycles. The van der Waals surface area contributed by atoms with Gasteiger partial charge >= 0.3 is 7.12 Å². The van der Waals surface area contributed by atoms with Crippen LogP contribution in [0.5, 0.6) is 0 Å². The van der Waals surface area contributed by atoms with Crippen molar-refractivity contribution >= 4 is 7.12 Å². The lowest BCUT2D eigenvalue weighted by Crippen LogP contribution is -2.56. The molecule has 0 spiro atoms. The van der Waals surface area contributed by atoms with E-state index in [1.165, 1.54) is 0 Å². The van der Waals surface area contributed by atoms with Gasteiger partial charge in [-0.05, 0) is 22.3 Å². The highest BCUT2D eigenvalue weighted by Gasteiger charge is 2.61. The lowest BCUT2D eigenvalue weighted by atomic mass is 9.71. The highest BCUT2D eigenvalue weighted by Crippen LogP contribution is 2.50. The Kier molecular flexibility index (Phi) is 10.0. The van der Waals surface area contributed by atoms with Gasteiger partial charge in [0, 0.05) is 21.3 Å². The molecule has 0 N–H and O–H groups in total.